The molecular formula is C9H11N3O3. The van der Waals surface area contributed by atoms with E-state index in [-0.39, 0.29) is 25.0 Å². The lowest BCUT2D eigenvalue weighted by Crippen LogP contribution is -2.47. The quantitative estimate of drug-likeness (QED) is 0.670. The van der Waals surface area contributed by atoms with Gasteiger partial charge in [-0.3, -0.25) is 14.5 Å². The predicted octanol–water partition coefficient (Wildman–Crippen LogP) is -0.662. The number of H-pyrrole nitrogens is 1. The average Bonchev–Trinajstić information content (AvgIpc) is 2.70. The summed E-state index contributed by atoms with van der Waals surface area (Å²) in [5.74, 6) is 0.206. The third kappa shape index (κ3) is 2.21. The van der Waals surface area contributed by atoms with Gasteiger partial charge in [0.05, 0.1) is 0 Å². The lowest BCUT2D eigenvalue weighted by Gasteiger charge is -2.24. The highest BCUT2D eigenvalue weighted by Crippen LogP contribution is 2.02. The molecule has 2 heterocycles. The lowest BCUT2D eigenvalue weighted by atomic mass is 10.3. The molecule has 0 spiro atoms. The molecule has 1 N–H and O–H groups in total. The zero-order valence-corrected chi connectivity index (χ0v) is 8.10. The van der Waals surface area contributed by atoms with Crippen LogP contribution in [0.15, 0.2) is 12.4 Å². The van der Waals surface area contributed by atoms with Crippen LogP contribution in [0, 0.1) is 0 Å². The first-order chi connectivity index (χ1) is 7.27. The van der Waals surface area contributed by atoms with Crippen molar-refractivity contribution in [2.24, 2.45) is 0 Å². The molecule has 0 aromatic carbocycles. The molecule has 0 saturated carbocycles. The first-order valence-corrected chi connectivity index (χ1v) is 4.66. The Kier molecular flexibility index (Phi) is 2.77. The summed E-state index contributed by atoms with van der Waals surface area (Å²) in [4.78, 5) is 30.8. The molecule has 0 radical (unpaired) electrons. The first-order valence-electron chi connectivity index (χ1n) is 4.66. The molecule has 1 aliphatic heterocycles. The Balaban J connectivity index is 1.92. The summed E-state index contributed by atoms with van der Waals surface area (Å²) in [6, 6.07) is 0. The standard InChI is InChI=1S/C9H11N3O3/c13-8-5-15-6-9(14)12(8)4-1-7-10-2-3-11-7/h2-3H,1,4-6H2,(H,10,11). The van der Waals surface area contributed by atoms with Gasteiger partial charge < -0.3 is 9.72 Å². The highest BCUT2D eigenvalue weighted by atomic mass is 16.5. The maximum absolute atomic E-state index is 11.3. The van der Waals surface area contributed by atoms with E-state index in [4.69, 9.17) is 4.74 Å². The minimum absolute atomic E-state index is 0.0100. The number of hydrogen-bond acceptors (Lipinski definition) is 4. The Bertz CT molecular complexity index is 345. The third-order valence-corrected chi connectivity index (χ3v) is 2.18. The van der Waals surface area contributed by atoms with Crippen LogP contribution in [-0.2, 0) is 20.7 Å². The summed E-state index contributed by atoms with van der Waals surface area (Å²) < 4.78 is 4.80. The third-order valence-electron chi connectivity index (χ3n) is 2.18. The van der Waals surface area contributed by atoms with Gasteiger partial charge in [-0.15, -0.1) is 0 Å². The number of imidazole rings is 1. The van der Waals surface area contributed by atoms with Gasteiger partial charge >= 0.3 is 0 Å². The van der Waals surface area contributed by atoms with Gasteiger partial charge in [0.15, 0.2) is 0 Å². The van der Waals surface area contributed by atoms with E-state index in [1.165, 1.54) is 4.90 Å². The Hall–Kier alpha value is -1.69. The normalized spacial score (nSPS) is 17.2. The van der Waals surface area contributed by atoms with E-state index < -0.39 is 0 Å². The lowest BCUT2D eigenvalue weighted by molar-refractivity contribution is -0.158. The fourth-order valence-electron chi connectivity index (χ4n) is 1.42. The Labute approximate surface area is 86.2 Å². The maximum atomic E-state index is 11.3. The van der Waals surface area contributed by atoms with E-state index in [1.807, 2.05) is 0 Å². The summed E-state index contributed by atoms with van der Waals surface area (Å²) in [6.07, 6.45) is 3.89. The molecule has 0 bridgehead atoms. The van der Waals surface area contributed by atoms with E-state index in [0.717, 1.165) is 5.82 Å². The highest BCUT2D eigenvalue weighted by Gasteiger charge is 2.26. The van der Waals surface area contributed by atoms with Crippen molar-refractivity contribution < 1.29 is 14.3 Å². The number of amides is 2. The van der Waals surface area contributed by atoms with Crippen molar-refractivity contribution in [3.63, 3.8) is 0 Å². The molecule has 1 aliphatic rings. The Morgan fingerprint density at radius 2 is 2.13 bits per heavy atom. The van der Waals surface area contributed by atoms with E-state index in [9.17, 15) is 9.59 Å². The molecule has 6 nitrogen and oxygen atoms in total. The Morgan fingerprint density at radius 1 is 1.40 bits per heavy atom. The zero-order valence-electron chi connectivity index (χ0n) is 8.10. The molecule has 6 heteroatoms. The molecule has 2 amide bonds. The predicted molar refractivity (Wildman–Crippen MR) is 49.8 cm³/mol. The van der Waals surface area contributed by atoms with Crippen LogP contribution >= 0.6 is 0 Å². The van der Waals surface area contributed by atoms with E-state index in [0.29, 0.717) is 13.0 Å². The summed E-state index contributed by atoms with van der Waals surface area (Å²) in [5.41, 5.74) is 0. The number of carbonyl (C=O) groups excluding carboxylic acids is 2. The second-order valence-corrected chi connectivity index (χ2v) is 3.22. The number of nitrogens with one attached hydrogen (secondary N) is 1. The Morgan fingerprint density at radius 3 is 2.73 bits per heavy atom. The highest BCUT2D eigenvalue weighted by molar-refractivity contribution is 5.98. The molecule has 80 valence electrons. The number of ether oxygens (including phenoxy) is 1. The van der Waals surface area contributed by atoms with Crippen molar-refractivity contribution in [3.05, 3.63) is 18.2 Å². The fraction of sp³-hybridized carbons (Fsp3) is 0.444. The smallest absolute Gasteiger partial charge is 0.255 e. The van der Waals surface area contributed by atoms with Crippen molar-refractivity contribution in [2.75, 3.05) is 19.8 Å². The van der Waals surface area contributed by atoms with Crippen molar-refractivity contribution in [2.45, 2.75) is 6.42 Å². The molecule has 1 saturated heterocycles. The van der Waals surface area contributed by atoms with Gasteiger partial charge in [0.2, 0.25) is 0 Å². The molecule has 0 aliphatic carbocycles. The number of aromatic nitrogens is 2. The summed E-state index contributed by atoms with van der Waals surface area (Å²) in [6.45, 7) is 0.336. The monoisotopic (exact) mass is 209 g/mol. The number of aromatic amines is 1. The van der Waals surface area contributed by atoms with E-state index >= 15 is 0 Å². The SMILES string of the molecule is O=C1COCC(=O)N1CCc1ncc[nH]1. The summed E-state index contributed by atoms with van der Waals surface area (Å²) >= 11 is 0. The number of imide groups is 1. The number of morpholine rings is 1. The van der Waals surface area contributed by atoms with Crippen LogP contribution in [-0.4, -0.2) is 46.4 Å². The topological polar surface area (TPSA) is 75.3 Å². The van der Waals surface area contributed by atoms with Crippen LogP contribution in [0.5, 0.6) is 0 Å². The molecule has 15 heavy (non-hydrogen) atoms. The van der Waals surface area contributed by atoms with Crippen molar-refractivity contribution >= 4 is 11.8 Å². The van der Waals surface area contributed by atoms with E-state index in [1.54, 1.807) is 12.4 Å². The summed E-state index contributed by atoms with van der Waals surface area (Å²) in [7, 11) is 0. The van der Waals surface area contributed by atoms with Crippen LogP contribution in [0.4, 0.5) is 0 Å². The van der Waals surface area contributed by atoms with E-state index in [2.05, 4.69) is 9.97 Å². The van der Waals surface area contributed by atoms with Gasteiger partial charge in [0.25, 0.3) is 11.8 Å². The van der Waals surface area contributed by atoms with Crippen LogP contribution < -0.4 is 0 Å². The number of nitrogens with zero attached hydrogens (tertiary/aromatic N) is 2. The van der Waals surface area contributed by atoms with Gasteiger partial charge in [-0.25, -0.2) is 4.98 Å². The molecule has 0 atom stereocenters. The molecule has 1 aromatic heterocycles. The van der Waals surface area contributed by atoms with Crippen LogP contribution in [0.1, 0.15) is 5.82 Å². The molecule has 1 aromatic rings. The molecule has 1 fully saturated rings. The van der Waals surface area contributed by atoms with Gasteiger partial charge in [-0.2, -0.15) is 0 Å². The summed E-state index contributed by atoms with van der Waals surface area (Å²) in [5, 5.41) is 0. The van der Waals surface area contributed by atoms with Gasteiger partial charge in [-0.1, -0.05) is 0 Å². The fourth-order valence-corrected chi connectivity index (χ4v) is 1.42. The number of rotatable bonds is 3. The van der Waals surface area contributed by atoms with Crippen LogP contribution in [0.2, 0.25) is 0 Å². The zero-order chi connectivity index (χ0) is 10.7. The van der Waals surface area contributed by atoms with Crippen LogP contribution in [0.25, 0.3) is 0 Å². The molecule has 0 unspecified atom stereocenters. The molecular weight excluding hydrogens is 198 g/mol. The first kappa shape index (κ1) is 9.85. The number of carbonyl (C=O) groups is 2. The minimum Gasteiger partial charge on any atom is -0.362 e. The van der Waals surface area contributed by atoms with Crippen molar-refractivity contribution in [1.82, 2.24) is 14.9 Å². The maximum Gasteiger partial charge on any atom is 0.255 e. The van der Waals surface area contributed by atoms with Gasteiger partial charge in [-0.05, 0) is 0 Å². The van der Waals surface area contributed by atoms with Crippen molar-refractivity contribution in [1.29, 1.82) is 0 Å². The van der Waals surface area contributed by atoms with Crippen LogP contribution in [0.3, 0.4) is 0 Å². The van der Waals surface area contributed by atoms with Gasteiger partial charge in [0.1, 0.15) is 19.0 Å². The largest absolute Gasteiger partial charge is 0.362 e. The number of hydrogen-bond donors (Lipinski definition) is 1. The second-order valence-electron chi connectivity index (χ2n) is 3.22. The molecule has 2 rings (SSSR count). The average molecular weight is 209 g/mol. The van der Waals surface area contributed by atoms with Crippen molar-refractivity contribution in [3.8, 4) is 0 Å². The second kappa shape index (κ2) is 4.22. The van der Waals surface area contributed by atoms with Gasteiger partial charge in [0, 0.05) is 25.4 Å². The minimum atomic E-state index is -0.280.